The van der Waals surface area contributed by atoms with Crippen LogP contribution in [0.5, 0.6) is 0 Å². The average Bonchev–Trinajstić information content (AvgIpc) is 3.19. The van der Waals surface area contributed by atoms with E-state index in [4.69, 9.17) is 0 Å². The molecule has 3 aromatic rings. The number of fused-ring (bicyclic) bond motifs is 1. The van der Waals surface area contributed by atoms with E-state index < -0.39 is 21.5 Å². The number of benzene rings is 2. The molecule has 0 bridgehead atoms. The number of amides is 1. The predicted molar refractivity (Wildman–Crippen MR) is 132 cm³/mol. The second-order valence-electron chi connectivity index (χ2n) is 7.80. The molecule has 0 N–H and O–H groups in total. The van der Waals surface area contributed by atoms with Crippen LogP contribution >= 0.6 is 11.3 Å². The van der Waals surface area contributed by atoms with Gasteiger partial charge in [-0.25, -0.2) is 13.4 Å². The molecule has 0 atom stereocenters. The molecule has 1 aromatic heterocycles. The fraction of sp³-hybridized carbons (Fsp3) is 0.417. The highest BCUT2D eigenvalue weighted by molar-refractivity contribution is 7.92. The molecule has 0 fully saturated rings. The summed E-state index contributed by atoms with van der Waals surface area (Å²) in [4.78, 5) is 21.9. The van der Waals surface area contributed by atoms with Gasteiger partial charge in [-0.15, -0.1) is 0 Å². The van der Waals surface area contributed by atoms with E-state index in [0.29, 0.717) is 18.2 Å². The number of carbonyl (C=O) groups excluding carboxylic acids is 1. The van der Waals surface area contributed by atoms with E-state index in [1.807, 2.05) is 19.1 Å². The van der Waals surface area contributed by atoms with Crippen molar-refractivity contribution < 1.29 is 13.2 Å². The van der Waals surface area contributed by atoms with Gasteiger partial charge in [0.15, 0.2) is 15.0 Å². The molecule has 8 heteroatoms. The lowest BCUT2D eigenvalue weighted by Gasteiger charge is -2.24. The number of aryl methyl sites for hydroxylation is 2. The smallest absolute Gasteiger partial charge is 0.244 e. The maximum Gasteiger partial charge on any atom is 0.244 e. The summed E-state index contributed by atoms with van der Waals surface area (Å²) in [6.45, 7) is 10.9. The van der Waals surface area contributed by atoms with Crippen LogP contribution in [0.3, 0.4) is 0 Å². The maximum atomic E-state index is 13.3. The van der Waals surface area contributed by atoms with Crippen LogP contribution < -0.4 is 4.90 Å². The topological polar surface area (TPSA) is 70.6 Å². The van der Waals surface area contributed by atoms with Crippen LogP contribution in [0, 0.1) is 6.92 Å². The Kier molecular flexibility index (Phi) is 8.03. The molecule has 0 spiro atoms. The molecule has 3 rings (SSSR count). The molecule has 6 nitrogen and oxygen atoms in total. The molecular weight excluding hydrogens is 442 g/mol. The fourth-order valence-corrected chi connectivity index (χ4v) is 5.74. The SMILES string of the molecule is CCc1ccc2nc(N(CCN(CC)CC)C(=O)CS(=O)(=O)c3ccc(C)cc3)sc2c1. The summed E-state index contributed by atoms with van der Waals surface area (Å²) in [5.74, 6) is -1.03. The molecule has 2 aromatic carbocycles. The van der Waals surface area contributed by atoms with Crippen molar-refractivity contribution in [2.45, 2.75) is 39.0 Å². The molecular formula is C24H31N3O3S2. The number of thiazole rings is 1. The standard InChI is InChI=1S/C24H31N3O3S2/c1-5-19-10-13-21-22(16-19)31-24(25-21)27(15-14-26(6-2)7-3)23(28)17-32(29,30)20-11-8-18(4)9-12-20/h8-13,16H,5-7,14-15,17H2,1-4H3. The van der Waals surface area contributed by atoms with Crippen molar-refractivity contribution in [2.24, 2.45) is 0 Å². The third kappa shape index (κ3) is 5.74. The highest BCUT2D eigenvalue weighted by Crippen LogP contribution is 2.30. The summed E-state index contributed by atoms with van der Waals surface area (Å²) in [5, 5.41) is 0.546. The molecule has 0 aliphatic rings. The molecule has 0 unspecified atom stereocenters. The number of rotatable bonds is 10. The first-order valence-corrected chi connectivity index (χ1v) is 13.5. The van der Waals surface area contributed by atoms with Crippen LogP contribution in [0.1, 0.15) is 31.9 Å². The van der Waals surface area contributed by atoms with E-state index in [1.54, 1.807) is 29.2 Å². The summed E-state index contributed by atoms with van der Waals surface area (Å²) in [7, 11) is -3.75. The number of hydrogen-bond acceptors (Lipinski definition) is 6. The fourth-order valence-electron chi connectivity index (χ4n) is 3.47. The molecule has 1 heterocycles. The Morgan fingerprint density at radius 2 is 1.69 bits per heavy atom. The van der Waals surface area contributed by atoms with Gasteiger partial charge in [-0.05, 0) is 56.3 Å². The summed E-state index contributed by atoms with van der Waals surface area (Å²) in [6, 6.07) is 12.7. The van der Waals surface area contributed by atoms with Crippen LogP contribution in [0.2, 0.25) is 0 Å². The third-order valence-corrected chi connectivity index (χ3v) is 8.27. The first-order valence-electron chi connectivity index (χ1n) is 11.0. The number of aromatic nitrogens is 1. The van der Waals surface area contributed by atoms with Gasteiger partial charge in [-0.2, -0.15) is 0 Å². The van der Waals surface area contributed by atoms with E-state index in [0.717, 1.165) is 35.3 Å². The first kappa shape index (κ1) is 24.4. The lowest BCUT2D eigenvalue weighted by atomic mass is 10.2. The van der Waals surface area contributed by atoms with Crippen LogP contribution in [0.25, 0.3) is 10.2 Å². The Hall–Kier alpha value is -2.29. The minimum Gasteiger partial charge on any atom is -0.302 e. The van der Waals surface area contributed by atoms with Crippen molar-refractivity contribution in [2.75, 3.05) is 36.8 Å². The van der Waals surface area contributed by atoms with Crippen molar-refractivity contribution in [1.29, 1.82) is 0 Å². The van der Waals surface area contributed by atoms with Gasteiger partial charge >= 0.3 is 0 Å². The third-order valence-electron chi connectivity index (χ3n) is 5.61. The van der Waals surface area contributed by atoms with E-state index in [1.165, 1.54) is 16.9 Å². The highest BCUT2D eigenvalue weighted by Gasteiger charge is 2.27. The van der Waals surface area contributed by atoms with Crippen LogP contribution in [-0.2, 0) is 21.1 Å². The Balaban J connectivity index is 1.91. The number of hydrogen-bond donors (Lipinski definition) is 0. The predicted octanol–water partition coefficient (Wildman–Crippen LogP) is 4.32. The number of anilines is 1. The first-order chi connectivity index (χ1) is 15.3. The van der Waals surface area contributed by atoms with Gasteiger partial charge in [0.05, 0.1) is 15.1 Å². The van der Waals surface area contributed by atoms with Crippen molar-refractivity contribution in [3.8, 4) is 0 Å². The molecule has 172 valence electrons. The van der Waals surface area contributed by atoms with Gasteiger partial charge in [0, 0.05) is 13.1 Å². The molecule has 0 aliphatic heterocycles. The van der Waals surface area contributed by atoms with Gasteiger partial charge in [0.2, 0.25) is 5.91 Å². The zero-order valence-electron chi connectivity index (χ0n) is 19.2. The lowest BCUT2D eigenvalue weighted by Crippen LogP contribution is -2.41. The molecule has 0 radical (unpaired) electrons. The summed E-state index contributed by atoms with van der Waals surface area (Å²) >= 11 is 1.43. The van der Waals surface area contributed by atoms with Crippen LogP contribution in [-0.4, -0.2) is 56.1 Å². The average molecular weight is 474 g/mol. The van der Waals surface area contributed by atoms with E-state index in [-0.39, 0.29) is 4.90 Å². The van der Waals surface area contributed by atoms with Crippen molar-refractivity contribution >= 4 is 42.4 Å². The van der Waals surface area contributed by atoms with Crippen molar-refractivity contribution in [3.63, 3.8) is 0 Å². The molecule has 0 saturated carbocycles. The monoisotopic (exact) mass is 473 g/mol. The second kappa shape index (κ2) is 10.6. The quantitative estimate of drug-likeness (QED) is 0.439. The van der Waals surface area contributed by atoms with Gasteiger partial charge in [0.1, 0.15) is 5.75 Å². The lowest BCUT2D eigenvalue weighted by molar-refractivity contribution is -0.116. The minimum atomic E-state index is -3.75. The van der Waals surface area contributed by atoms with Gasteiger partial charge in [-0.3, -0.25) is 9.69 Å². The Morgan fingerprint density at radius 3 is 2.31 bits per heavy atom. The van der Waals surface area contributed by atoms with Crippen LogP contribution in [0.15, 0.2) is 47.4 Å². The summed E-state index contributed by atoms with van der Waals surface area (Å²) < 4.78 is 26.8. The zero-order valence-corrected chi connectivity index (χ0v) is 20.8. The Morgan fingerprint density at radius 1 is 1.00 bits per heavy atom. The Labute approximate surface area is 194 Å². The zero-order chi connectivity index (χ0) is 23.3. The van der Waals surface area contributed by atoms with Gasteiger partial charge in [0.25, 0.3) is 0 Å². The van der Waals surface area contributed by atoms with E-state index in [2.05, 4.69) is 36.7 Å². The van der Waals surface area contributed by atoms with Gasteiger partial charge < -0.3 is 4.90 Å². The van der Waals surface area contributed by atoms with E-state index in [9.17, 15) is 13.2 Å². The summed E-state index contributed by atoms with van der Waals surface area (Å²) in [5.41, 5.74) is 3.00. The normalized spacial score (nSPS) is 11.9. The number of sulfone groups is 1. The number of carbonyl (C=O) groups is 1. The van der Waals surface area contributed by atoms with Crippen molar-refractivity contribution in [1.82, 2.24) is 9.88 Å². The highest BCUT2D eigenvalue weighted by atomic mass is 32.2. The second-order valence-corrected chi connectivity index (χ2v) is 10.8. The van der Waals surface area contributed by atoms with Crippen molar-refractivity contribution in [3.05, 3.63) is 53.6 Å². The number of nitrogens with zero attached hydrogens (tertiary/aromatic N) is 3. The molecule has 1 amide bonds. The van der Waals surface area contributed by atoms with Gasteiger partial charge in [-0.1, -0.05) is 55.9 Å². The minimum absolute atomic E-state index is 0.164. The maximum absolute atomic E-state index is 13.3. The molecule has 0 saturated heterocycles. The Bertz CT molecular complexity index is 1170. The van der Waals surface area contributed by atoms with E-state index >= 15 is 0 Å². The summed E-state index contributed by atoms with van der Waals surface area (Å²) in [6.07, 6.45) is 0.919. The number of likely N-dealkylation sites (N-methyl/N-ethyl adjacent to an activating group) is 1. The van der Waals surface area contributed by atoms with Crippen LogP contribution in [0.4, 0.5) is 5.13 Å². The molecule has 0 aliphatic carbocycles. The largest absolute Gasteiger partial charge is 0.302 e. The molecule has 32 heavy (non-hydrogen) atoms.